The molecule has 0 aliphatic heterocycles. The minimum absolute atomic E-state index is 0.0814. The van der Waals surface area contributed by atoms with Crippen molar-refractivity contribution in [3.63, 3.8) is 0 Å². The fourth-order valence-corrected chi connectivity index (χ4v) is 6.22. The van der Waals surface area contributed by atoms with Gasteiger partial charge in [-0.3, -0.25) is 14.4 Å². The maximum absolute atomic E-state index is 14.4. The number of amides is 3. The van der Waals surface area contributed by atoms with Crippen LogP contribution in [-0.4, -0.2) is 132 Å². The predicted octanol–water partition coefficient (Wildman–Crippen LogP) is 14.1. The highest BCUT2D eigenvalue weighted by molar-refractivity contribution is 5.85. The molecule has 0 aliphatic rings. The van der Waals surface area contributed by atoms with Crippen LogP contribution in [0.2, 0.25) is 0 Å². The zero-order chi connectivity index (χ0) is 58.9. The lowest BCUT2D eigenvalue weighted by Crippen LogP contribution is -2.74. The first-order valence-electron chi connectivity index (χ1n) is 21.4. The monoisotopic (exact) mass is 1160 g/mol. The molecule has 6 nitrogen and oxygen atoms in total. The van der Waals surface area contributed by atoms with Crippen LogP contribution in [0.25, 0.3) is 0 Å². The minimum atomic E-state index is -8.82. The Kier molecular flexibility index (Phi) is 23.5. The third-order valence-corrected chi connectivity index (χ3v) is 10.9. The lowest BCUT2D eigenvalue weighted by Gasteiger charge is -2.41. The van der Waals surface area contributed by atoms with Gasteiger partial charge in [0.05, 0.1) is 0 Å². The van der Waals surface area contributed by atoms with Gasteiger partial charge in [-0.05, 0) is 6.42 Å². The molecule has 0 aromatic rings. The second kappa shape index (κ2) is 24.8. The predicted molar refractivity (Wildman–Crippen MR) is 194 cm³/mol. The van der Waals surface area contributed by atoms with Gasteiger partial charge < -0.3 is 15.5 Å². The number of nitrogens with zero attached hydrogens (tertiary/aromatic N) is 1. The molecule has 440 valence electrons. The van der Waals surface area contributed by atoms with E-state index in [1.807, 2.05) is 0 Å². The molecule has 0 saturated carbocycles. The quantitative estimate of drug-likeness (QED) is 0.0498. The van der Waals surface area contributed by atoms with E-state index in [9.17, 15) is 146 Å². The molecular formula is C38H45F30N3O3. The van der Waals surface area contributed by atoms with E-state index >= 15 is 0 Å². The van der Waals surface area contributed by atoms with E-state index in [1.165, 1.54) is 0 Å². The van der Waals surface area contributed by atoms with E-state index in [2.05, 4.69) is 6.92 Å². The van der Waals surface area contributed by atoms with E-state index in [-0.39, 0.29) is 17.7 Å². The summed E-state index contributed by atoms with van der Waals surface area (Å²) in [5.74, 6) is -111. The summed E-state index contributed by atoms with van der Waals surface area (Å²) in [6.45, 7) is -5.22. The number of carbonyl (C=O) groups is 3. The van der Waals surface area contributed by atoms with Gasteiger partial charge in [0.1, 0.15) is 0 Å². The molecule has 2 N–H and O–H groups in total. The Morgan fingerprint density at radius 2 is 0.527 bits per heavy atom. The second-order valence-corrected chi connectivity index (χ2v) is 16.5. The summed E-state index contributed by atoms with van der Waals surface area (Å²) in [4.78, 5) is 36.6. The molecule has 0 rings (SSSR count). The van der Waals surface area contributed by atoms with Crippen molar-refractivity contribution in [1.29, 1.82) is 0 Å². The highest BCUT2D eigenvalue weighted by Crippen LogP contribution is 2.64. The lowest BCUT2D eigenvalue weighted by atomic mass is 9.91. The van der Waals surface area contributed by atoms with Crippen LogP contribution < -0.4 is 10.6 Å². The molecular weight excluding hydrogens is 1120 g/mol. The number of carbonyl (C=O) groups excluding carboxylic acids is 3. The van der Waals surface area contributed by atoms with E-state index in [0.717, 1.165) is 64.2 Å². The van der Waals surface area contributed by atoms with Gasteiger partial charge in [-0.2, -0.15) is 132 Å². The summed E-state index contributed by atoms with van der Waals surface area (Å²) < 4.78 is 407. The standard InChI is InChI=1S/C38H45F30N3O3/c1-2-3-4-5-6-7-8-9-10-11-12-13-14-15-16-17-22(72)71(20-18-69-23(73)25(39,40)27(43,44)29(47,48)31(51,52)33(55,56)35(59,60)37(63,64)65)21-19-70-24(74)26(41,42)28(45,46)30(49,50)32(53,54)34(57,58)36(61,62)38(66,67)68/h2-21H2,1H3,(H,69,73)(H,70,74). The van der Waals surface area contributed by atoms with Crippen LogP contribution in [0.4, 0.5) is 132 Å². The molecule has 0 fully saturated rings. The van der Waals surface area contributed by atoms with Crippen molar-refractivity contribution in [3.05, 3.63) is 0 Å². The average molecular weight is 1160 g/mol. The minimum Gasteiger partial charge on any atom is -0.349 e. The van der Waals surface area contributed by atoms with Gasteiger partial charge in [0.25, 0.3) is 11.8 Å². The van der Waals surface area contributed by atoms with Crippen LogP contribution in [0.15, 0.2) is 0 Å². The maximum atomic E-state index is 14.4. The topological polar surface area (TPSA) is 78.5 Å². The highest BCUT2D eigenvalue weighted by Gasteiger charge is 2.95. The summed E-state index contributed by atoms with van der Waals surface area (Å²) in [7, 11) is 0. The van der Waals surface area contributed by atoms with Gasteiger partial charge in [0, 0.05) is 32.6 Å². The fraction of sp³-hybridized carbons (Fsp3) is 0.921. The van der Waals surface area contributed by atoms with Gasteiger partial charge in [-0.15, -0.1) is 0 Å². The van der Waals surface area contributed by atoms with Crippen LogP contribution in [0.3, 0.4) is 0 Å². The van der Waals surface area contributed by atoms with Crippen LogP contribution in [-0.2, 0) is 14.4 Å². The van der Waals surface area contributed by atoms with Gasteiger partial charge in [0.2, 0.25) is 5.91 Å². The SMILES string of the molecule is CCCCCCCCCCCCCCCCCC(=O)N(CCNC(=O)C(F)(F)C(F)(F)C(F)(F)C(F)(F)C(F)(F)C(F)(F)C(F)(F)F)CCNC(=O)C(F)(F)C(F)(F)C(F)(F)C(F)(F)C(F)(F)C(F)(F)C(F)(F)F. The number of unbranched alkanes of at least 4 members (excludes halogenated alkanes) is 14. The van der Waals surface area contributed by atoms with Crippen molar-refractivity contribution in [3.8, 4) is 0 Å². The van der Waals surface area contributed by atoms with E-state index < -0.39 is 134 Å². The molecule has 3 amide bonds. The highest BCUT2D eigenvalue weighted by atomic mass is 19.4. The smallest absolute Gasteiger partial charge is 0.349 e. The van der Waals surface area contributed by atoms with Gasteiger partial charge in [-0.25, -0.2) is 0 Å². The van der Waals surface area contributed by atoms with Crippen LogP contribution in [0.5, 0.6) is 0 Å². The lowest BCUT2D eigenvalue weighted by molar-refractivity contribution is -0.449. The largest absolute Gasteiger partial charge is 0.460 e. The Hall–Kier alpha value is -3.69. The maximum Gasteiger partial charge on any atom is 0.460 e. The Morgan fingerprint density at radius 3 is 0.770 bits per heavy atom. The average Bonchev–Trinajstić information content (AvgIpc) is 3.25. The Labute approximate surface area is 399 Å². The third-order valence-electron chi connectivity index (χ3n) is 10.9. The second-order valence-electron chi connectivity index (χ2n) is 16.5. The van der Waals surface area contributed by atoms with Crippen molar-refractivity contribution in [2.75, 3.05) is 26.2 Å². The summed E-state index contributed by atoms with van der Waals surface area (Å²) in [6, 6.07) is 0. The van der Waals surface area contributed by atoms with Gasteiger partial charge in [0.15, 0.2) is 0 Å². The molecule has 74 heavy (non-hydrogen) atoms. The summed E-state index contributed by atoms with van der Waals surface area (Å²) >= 11 is 0. The van der Waals surface area contributed by atoms with Crippen molar-refractivity contribution >= 4 is 17.7 Å². The Bertz CT molecular complexity index is 1700. The van der Waals surface area contributed by atoms with Gasteiger partial charge in [-0.1, -0.05) is 96.8 Å². The fourth-order valence-electron chi connectivity index (χ4n) is 6.22. The molecule has 36 heteroatoms. The molecule has 0 unspecified atom stereocenters. The zero-order valence-corrected chi connectivity index (χ0v) is 37.7. The summed E-state index contributed by atoms with van der Waals surface area (Å²) in [5, 5.41) is 0.913. The van der Waals surface area contributed by atoms with Crippen molar-refractivity contribution < 1.29 is 146 Å². The number of nitrogens with one attached hydrogen (secondary N) is 2. The normalized spacial score (nSPS) is 14.9. The number of halogens is 30. The number of hydrogen-bond acceptors (Lipinski definition) is 3. The van der Waals surface area contributed by atoms with Crippen LogP contribution in [0, 0.1) is 0 Å². The third kappa shape index (κ3) is 13.9. The van der Waals surface area contributed by atoms with Crippen molar-refractivity contribution in [1.82, 2.24) is 15.5 Å². The first-order chi connectivity index (χ1) is 32.9. The molecule has 0 aliphatic carbocycles. The first kappa shape index (κ1) is 70.3. The molecule has 0 spiro atoms. The van der Waals surface area contributed by atoms with E-state index in [4.69, 9.17) is 0 Å². The first-order valence-corrected chi connectivity index (χ1v) is 21.4. The van der Waals surface area contributed by atoms with Gasteiger partial charge >= 0.3 is 83.4 Å². The number of rotatable bonds is 34. The van der Waals surface area contributed by atoms with E-state index in [1.54, 1.807) is 0 Å². The molecule has 0 saturated heterocycles. The van der Waals surface area contributed by atoms with Crippen LogP contribution >= 0.6 is 0 Å². The summed E-state index contributed by atoms with van der Waals surface area (Å²) in [5.41, 5.74) is 0. The van der Waals surface area contributed by atoms with Crippen molar-refractivity contribution in [2.45, 2.75) is 193 Å². The zero-order valence-electron chi connectivity index (χ0n) is 37.7. The molecule has 0 atom stereocenters. The molecule has 0 aromatic carbocycles. The number of hydrogen-bond donors (Lipinski definition) is 2. The number of alkyl halides is 30. The molecule has 0 radical (unpaired) electrons. The molecule has 0 aromatic heterocycles. The summed E-state index contributed by atoms with van der Waals surface area (Å²) in [6.07, 6.45) is -5.59. The van der Waals surface area contributed by atoms with Crippen molar-refractivity contribution in [2.24, 2.45) is 0 Å². The Balaban J connectivity index is 6.37. The van der Waals surface area contributed by atoms with E-state index in [0.29, 0.717) is 29.9 Å². The molecule has 0 heterocycles. The molecule has 0 bridgehead atoms. The van der Waals surface area contributed by atoms with Crippen LogP contribution in [0.1, 0.15) is 110 Å². The Morgan fingerprint density at radius 1 is 0.311 bits per heavy atom.